The molecule has 2 aromatic rings. The summed E-state index contributed by atoms with van der Waals surface area (Å²) >= 11 is 0. The number of hydrogen-bond acceptors (Lipinski definition) is 4. The number of nitrogen functional groups attached to an aromatic ring is 1. The van der Waals surface area contributed by atoms with Crippen LogP contribution < -0.4 is 11.3 Å². The molecule has 3 N–H and O–H groups in total. The molecule has 0 saturated carbocycles. The molecule has 0 aliphatic carbocycles. The first-order chi connectivity index (χ1) is 7.38. The second kappa shape index (κ2) is 4.52. The Labute approximate surface area is 88.2 Å². The lowest BCUT2D eigenvalue weighted by Gasteiger charge is -2.03. The molecule has 4 nitrogen and oxygen atoms in total. The van der Waals surface area contributed by atoms with Crippen molar-refractivity contribution in [3.8, 4) is 0 Å². The molecule has 2 aromatic heterocycles. The van der Waals surface area contributed by atoms with Gasteiger partial charge in [0.05, 0.1) is 5.69 Å². The smallest absolute Gasteiger partial charge is 0.0518 e. The van der Waals surface area contributed by atoms with Crippen LogP contribution in [0.5, 0.6) is 0 Å². The van der Waals surface area contributed by atoms with Crippen LogP contribution in [0.15, 0.2) is 42.7 Å². The van der Waals surface area contributed by atoms with E-state index in [0.29, 0.717) is 0 Å². The molecule has 0 radical (unpaired) electrons. The second-order valence-corrected chi connectivity index (χ2v) is 3.18. The number of nitrogens with one attached hydrogen (secondary N) is 1. The topological polar surface area (TPSA) is 63.8 Å². The fourth-order valence-electron chi connectivity index (χ4n) is 1.35. The Hall–Kier alpha value is -1.94. The first-order valence-electron chi connectivity index (χ1n) is 4.70. The Morgan fingerprint density at radius 2 is 1.93 bits per heavy atom. The van der Waals surface area contributed by atoms with Crippen molar-refractivity contribution in [2.45, 2.75) is 6.42 Å². The second-order valence-electron chi connectivity index (χ2n) is 3.18. The summed E-state index contributed by atoms with van der Waals surface area (Å²) in [5, 5.41) is 0. The molecular formula is C11H12N4. The Balaban J connectivity index is 2.17. The number of pyridine rings is 2. The van der Waals surface area contributed by atoms with Crippen LogP contribution in [-0.2, 0) is 6.42 Å². The van der Waals surface area contributed by atoms with Crippen LogP contribution in [0.2, 0.25) is 0 Å². The SMILES string of the molecule is NNc1ccnc(Cc2ccccn2)c1. The summed E-state index contributed by atoms with van der Waals surface area (Å²) in [7, 11) is 0. The maximum absolute atomic E-state index is 5.32. The normalized spacial score (nSPS) is 9.93. The lowest BCUT2D eigenvalue weighted by atomic mass is 10.2. The molecule has 0 amide bonds. The standard InChI is InChI=1S/C11H12N4/c12-15-10-4-6-14-11(8-10)7-9-3-1-2-5-13-9/h1-6,8H,7,12H2,(H,14,15). The molecule has 0 bridgehead atoms. The van der Waals surface area contributed by atoms with Gasteiger partial charge in [0.1, 0.15) is 0 Å². The predicted octanol–water partition coefficient (Wildman–Crippen LogP) is 1.35. The van der Waals surface area contributed by atoms with Crippen LogP contribution in [0.25, 0.3) is 0 Å². The molecular weight excluding hydrogens is 188 g/mol. The molecule has 2 rings (SSSR count). The van der Waals surface area contributed by atoms with E-state index in [1.807, 2.05) is 30.3 Å². The van der Waals surface area contributed by atoms with Gasteiger partial charge in [0.15, 0.2) is 0 Å². The van der Waals surface area contributed by atoms with E-state index in [9.17, 15) is 0 Å². The first-order valence-corrected chi connectivity index (χ1v) is 4.70. The molecule has 0 saturated heterocycles. The van der Waals surface area contributed by atoms with E-state index in [1.54, 1.807) is 12.4 Å². The molecule has 0 spiro atoms. The molecule has 0 unspecified atom stereocenters. The molecule has 76 valence electrons. The van der Waals surface area contributed by atoms with Gasteiger partial charge in [-0.05, 0) is 24.3 Å². The quantitative estimate of drug-likeness (QED) is 0.580. The van der Waals surface area contributed by atoms with Gasteiger partial charge >= 0.3 is 0 Å². The maximum atomic E-state index is 5.32. The zero-order valence-electron chi connectivity index (χ0n) is 8.22. The van der Waals surface area contributed by atoms with Gasteiger partial charge in [-0.15, -0.1) is 0 Å². The summed E-state index contributed by atoms with van der Waals surface area (Å²) in [5.74, 6) is 5.32. The highest BCUT2D eigenvalue weighted by Gasteiger charge is 1.99. The Kier molecular flexibility index (Phi) is 2.90. The van der Waals surface area contributed by atoms with Crippen LogP contribution in [-0.4, -0.2) is 9.97 Å². The van der Waals surface area contributed by atoms with E-state index in [2.05, 4.69) is 15.4 Å². The average molecular weight is 200 g/mol. The van der Waals surface area contributed by atoms with E-state index in [0.717, 1.165) is 23.5 Å². The number of hydrazine groups is 1. The summed E-state index contributed by atoms with van der Waals surface area (Å²) < 4.78 is 0. The van der Waals surface area contributed by atoms with Crippen molar-refractivity contribution in [1.82, 2.24) is 9.97 Å². The Bertz CT molecular complexity index is 428. The summed E-state index contributed by atoms with van der Waals surface area (Å²) in [5.41, 5.74) is 5.40. The Morgan fingerprint density at radius 1 is 1.07 bits per heavy atom. The molecule has 4 heteroatoms. The fraction of sp³-hybridized carbons (Fsp3) is 0.0909. The van der Waals surface area contributed by atoms with E-state index in [-0.39, 0.29) is 0 Å². The third kappa shape index (κ3) is 2.51. The summed E-state index contributed by atoms with van der Waals surface area (Å²) in [4.78, 5) is 8.48. The minimum Gasteiger partial charge on any atom is -0.324 e. The largest absolute Gasteiger partial charge is 0.324 e. The average Bonchev–Trinajstić information content (AvgIpc) is 2.31. The van der Waals surface area contributed by atoms with Crippen LogP contribution >= 0.6 is 0 Å². The summed E-state index contributed by atoms with van der Waals surface area (Å²) in [6.45, 7) is 0. The van der Waals surface area contributed by atoms with Crippen LogP contribution in [0.3, 0.4) is 0 Å². The highest BCUT2D eigenvalue weighted by atomic mass is 15.2. The van der Waals surface area contributed by atoms with Crippen LogP contribution in [0.1, 0.15) is 11.4 Å². The van der Waals surface area contributed by atoms with E-state index < -0.39 is 0 Å². The molecule has 0 aliphatic heterocycles. The minimum absolute atomic E-state index is 0.719. The fourth-order valence-corrected chi connectivity index (χ4v) is 1.35. The van der Waals surface area contributed by atoms with Crippen molar-refractivity contribution in [3.05, 3.63) is 54.1 Å². The highest BCUT2D eigenvalue weighted by molar-refractivity contribution is 5.42. The molecule has 0 aromatic carbocycles. The van der Waals surface area contributed by atoms with Gasteiger partial charge in [-0.3, -0.25) is 15.8 Å². The molecule has 2 heterocycles. The number of nitrogens with two attached hydrogens (primary N) is 1. The number of aromatic nitrogens is 2. The maximum Gasteiger partial charge on any atom is 0.0518 e. The third-order valence-electron chi connectivity index (χ3n) is 2.07. The first kappa shape index (κ1) is 9.61. The number of nitrogens with zero attached hydrogens (tertiary/aromatic N) is 2. The zero-order chi connectivity index (χ0) is 10.5. The van der Waals surface area contributed by atoms with E-state index in [1.165, 1.54) is 0 Å². The lowest BCUT2D eigenvalue weighted by molar-refractivity contribution is 1.01. The van der Waals surface area contributed by atoms with Crippen LogP contribution in [0.4, 0.5) is 5.69 Å². The summed E-state index contributed by atoms with van der Waals surface area (Å²) in [6.07, 6.45) is 4.23. The van der Waals surface area contributed by atoms with Gasteiger partial charge in [-0.2, -0.15) is 0 Å². The van der Waals surface area contributed by atoms with Gasteiger partial charge in [0.25, 0.3) is 0 Å². The molecule has 0 atom stereocenters. The lowest BCUT2D eigenvalue weighted by Crippen LogP contribution is -2.07. The highest BCUT2D eigenvalue weighted by Crippen LogP contribution is 2.09. The monoisotopic (exact) mass is 200 g/mol. The predicted molar refractivity (Wildman–Crippen MR) is 59.1 cm³/mol. The van der Waals surface area contributed by atoms with E-state index >= 15 is 0 Å². The zero-order valence-corrected chi connectivity index (χ0v) is 8.22. The van der Waals surface area contributed by atoms with Gasteiger partial charge in [0, 0.05) is 30.2 Å². The van der Waals surface area contributed by atoms with Crippen molar-refractivity contribution >= 4 is 5.69 Å². The van der Waals surface area contributed by atoms with Crippen LogP contribution in [0, 0.1) is 0 Å². The van der Waals surface area contributed by atoms with Gasteiger partial charge in [0.2, 0.25) is 0 Å². The number of anilines is 1. The van der Waals surface area contributed by atoms with Crippen molar-refractivity contribution in [2.24, 2.45) is 5.84 Å². The van der Waals surface area contributed by atoms with Crippen molar-refractivity contribution < 1.29 is 0 Å². The van der Waals surface area contributed by atoms with E-state index in [4.69, 9.17) is 5.84 Å². The summed E-state index contributed by atoms with van der Waals surface area (Å²) in [6, 6.07) is 9.57. The third-order valence-corrected chi connectivity index (χ3v) is 2.07. The van der Waals surface area contributed by atoms with Crippen molar-refractivity contribution in [3.63, 3.8) is 0 Å². The minimum atomic E-state index is 0.719. The molecule has 15 heavy (non-hydrogen) atoms. The Morgan fingerprint density at radius 3 is 2.67 bits per heavy atom. The number of hydrogen-bond donors (Lipinski definition) is 2. The van der Waals surface area contributed by atoms with Crippen molar-refractivity contribution in [1.29, 1.82) is 0 Å². The number of rotatable bonds is 3. The molecule has 0 aliphatic rings. The van der Waals surface area contributed by atoms with Gasteiger partial charge in [-0.1, -0.05) is 6.07 Å². The van der Waals surface area contributed by atoms with Gasteiger partial charge < -0.3 is 5.43 Å². The molecule has 0 fully saturated rings. The van der Waals surface area contributed by atoms with Gasteiger partial charge in [-0.25, -0.2) is 0 Å². The van der Waals surface area contributed by atoms with Crippen molar-refractivity contribution in [2.75, 3.05) is 5.43 Å².